The molecule has 5 rings (SSSR count). The molecule has 2 aliphatic carbocycles. The van der Waals surface area contributed by atoms with E-state index in [1.165, 1.54) is 13.8 Å². The van der Waals surface area contributed by atoms with E-state index < -0.39 is 129 Å². The topological polar surface area (TPSA) is 261 Å². The SMILES string of the molecule is CC(=O)OCC1OC(OC2CC(O)CC3OC(C4CCC(O)CC4)C(OC4OC(COC(C)=O)C(O)C(O)C4O)CC23)C(O)C(O)C1O. The maximum absolute atomic E-state index is 11.4. The predicted octanol–water partition coefficient (Wildman–Crippen LogP) is -3.02. The van der Waals surface area contributed by atoms with Gasteiger partial charge in [0.1, 0.15) is 62.0 Å². The molecule has 0 aromatic rings. The van der Waals surface area contributed by atoms with Crippen LogP contribution in [0.15, 0.2) is 0 Å². The van der Waals surface area contributed by atoms with E-state index in [1.54, 1.807) is 0 Å². The van der Waals surface area contributed by atoms with Crippen LogP contribution in [-0.2, 0) is 42.7 Å². The van der Waals surface area contributed by atoms with E-state index in [4.69, 9.17) is 33.2 Å². The first kappa shape index (κ1) is 37.7. The average molecular weight is 695 g/mol. The zero-order chi connectivity index (χ0) is 34.9. The van der Waals surface area contributed by atoms with Crippen LogP contribution in [0.3, 0.4) is 0 Å². The number of rotatable bonds is 9. The summed E-state index contributed by atoms with van der Waals surface area (Å²) in [7, 11) is 0. The van der Waals surface area contributed by atoms with Crippen molar-refractivity contribution in [2.75, 3.05) is 13.2 Å². The van der Waals surface area contributed by atoms with E-state index in [0.717, 1.165) is 0 Å². The zero-order valence-corrected chi connectivity index (χ0v) is 27.0. The Bertz CT molecular complexity index is 1070. The molecule has 0 aromatic heterocycles. The van der Waals surface area contributed by atoms with Gasteiger partial charge in [0.05, 0.1) is 36.6 Å². The number of esters is 2. The van der Waals surface area contributed by atoms with Gasteiger partial charge in [-0.1, -0.05) is 0 Å². The molecule has 8 N–H and O–H groups in total. The van der Waals surface area contributed by atoms with Gasteiger partial charge in [-0.15, -0.1) is 0 Å². The van der Waals surface area contributed by atoms with Gasteiger partial charge in [0.25, 0.3) is 0 Å². The number of carbonyl (C=O) groups excluding carboxylic acids is 2. The molecule has 3 heterocycles. The molecule has 17 nitrogen and oxygen atoms in total. The molecule has 2 saturated carbocycles. The molecule has 3 aliphatic heterocycles. The van der Waals surface area contributed by atoms with Crippen molar-refractivity contribution in [1.82, 2.24) is 0 Å². The molecule has 0 amide bonds. The van der Waals surface area contributed by atoms with Gasteiger partial charge in [0, 0.05) is 26.2 Å². The Hall–Kier alpha value is -1.58. The van der Waals surface area contributed by atoms with Crippen LogP contribution in [0.1, 0.15) is 58.8 Å². The highest BCUT2D eigenvalue weighted by Gasteiger charge is 2.54. The molecule has 0 bridgehead atoms. The molecule has 48 heavy (non-hydrogen) atoms. The quantitative estimate of drug-likeness (QED) is 0.112. The molecule has 16 unspecified atom stereocenters. The normalized spacial score (nSPS) is 48.3. The minimum atomic E-state index is -1.69. The van der Waals surface area contributed by atoms with Crippen LogP contribution in [0.4, 0.5) is 0 Å². The minimum Gasteiger partial charge on any atom is -0.463 e. The number of aliphatic hydroxyl groups is 8. The fourth-order valence-corrected chi connectivity index (χ4v) is 7.58. The monoisotopic (exact) mass is 694 g/mol. The second-order valence-electron chi connectivity index (χ2n) is 13.7. The molecule has 0 spiro atoms. The summed E-state index contributed by atoms with van der Waals surface area (Å²) in [5, 5.41) is 84.6. The lowest BCUT2D eigenvalue weighted by Crippen LogP contribution is -2.63. The number of carbonyl (C=O) groups is 2. The van der Waals surface area contributed by atoms with Crippen molar-refractivity contribution in [3.63, 3.8) is 0 Å². The van der Waals surface area contributed by atoms with E-state index in [9.17, 15) is 50.4 Å². The van der Waals surface area contributed by atoms with Gasteiger partial charge in [0.2, 0.25) is 0 Å². The van der Waals surface area contributed by atoms with Crippen molar-refractivity contribution in [2.24, 2.45) is 11.8 Å². The van der Waals surface area contributed by atoms with Gasteiger partial charge in [-0.25, -0.2) is 0 Å². The Morgan fingerprint density at radius 3 is 1.58 bits per heavy atom. The molecule has 276 valence electrons. The fourth-order valence-electron chi connectivity index (χ4n) is 7.58. The number of ether oxygens (including phenoxy) is 7. The van der Waals surface area contributed by atoms with Crippen molar-refractivity contribution in [1.29, 1.82) is 0 Å². The maximum atomic E-state index is 11.4. The van der Waals surface area contributed by atoms with Gasteiger partial charge in [-0.05, 0) is 44.4 Å². The molecule has 0 aromatic carbocycles. The minimum absolute atomic E-state index is 0.0759. The summed E-state index contributed by atoms with van der Waals surface area (Å²) in [6, 6.07) is 0. The fraction of sp³-hybridized carbons (Fsp3) is 0.935. The molecular weight excluding hydrogens is 644 g/mol. The second-order valence-corrected chi connectivity index (χ2v) is 13.7. The first-order valence-electron chi connectivity index (χ1n) is 16.7. The summed E-state index contributed by atoms with van der Waals surface area (Å²) in [6.07, 6.45) is -16.4. The average Bonchev–Trinajstić information content (AvgIpc) is 3.04. The van der Waals surface area contributed by atoms with E-state index in [1.807, 2.05) is 0 Å². The van der Waals surface area contributed by atoms with Gasteiger partial charge >= 0.3 is 11.9 Å². The first-order valence-corrected chi connectivity index (χ1v) is 16.7. The van der Waals surface area contributed by atoms with E-state index >= 15 is 0 Å². The van der Waals surface area contributed by atoms with Crippen molar-refractivity contribution in [2.45, 2.75) is 157 Å². The Kier molecular flexibility index (Phi) is 12.7. The molecule has 16 atom stereocenters. The Balaban J connectivity index is 1.36. The van der Waals surface area contributed by atoms with Crippen LogP contribution >= 0.6 is 0 Å². The summed E-state index contributed by atoms with van der Waals surface area (Å²) >= 11 is 0. The smallest absolute Gasteiger partial charge is 0.302 e. The van der Waals surface area contributed by atoms with Crippen LogP contribution < -0.4 is 0 Å². The standard InChI is InChI=1S/C31H50O17/c1-12(32)42-10-21-23(36)25(38)27(40)30(47-21)45-19-8-16(35)7-18-17(19)9-20(29(44-18)14-3-5-15(34)6-4-14)46-31-28(41)26(39)24(37)22(48-31)11-43-13(2)33/h14-31,34-41H,3-11H2,1-2H3. The zero-order valence-electron chi connectivity index (χ0n) is 27.0. The van der Waals surface area contributed by atoms with Crippen LogP contribution in [-0.4, -0.2) is 164 Å². The van der Waals surface area contributed by atoms with Gasteiger partial charge < -0.3 is 74.0 Å². The van der Waals surface area contributed by atoms with Gasteiger partial charge in [-0.3, -0.25) is 9.59 Å². The highest BCUT2D eigenvalue weighted by molar-refractivity contribution is 5.66. The molecule has 5 fully saturated rings. The Morgan fingerprint density at radius 2 is 1.08 bits per heavy atom. The Labute approximate surface area is 277 Å². The third kappa shape index (κ3) is 8.65. The third-order valence-corrected chi connectivity index (χ3v) is 10.2. The molecule has 5 aliphatic rings. The number of fused-ring (bicyclic) bond motifs is 1. The summed E-state index contributed by atoms with van der Waals surface area (Å²) < 4.78 is 40.6. The summed E-state index contributed by atoms with van der Waals surface area (Å²) in [5.74, 6) is -1.83. The predicted molar refractivity (Wildman–Crippen MR) is 156 cm³/mol. The lowest BCUT2D eigenvalue weighted by Gasteiger charge is -2.52. The maximum Gasteiger partial charge on any atom is 0.302 e. The van der Waals surface area contributed by atoms with Gasteiger partial charge in [0.15, 0.2) is 12.6 Å². The number of hydrogen-bond acceptors (Lipinski definition) is 17. The highest BCUT2D eigenvalue weighted by Crippen LogP contribution is 2.45. The first-order chi connectivity index (χ1) is 22.7. The van der Waals surface area contributed by atoms with Crippen LogP contribution in [0.5, 0.6) is 0 Å². The van der Waals surface area contributed by atoms with E-state index in [2.05, 4.69) is 0 Å². The Morgan fingerprint density at radius 1 is 0.583 bits per heavy atom. The molecule has 3 saturated heterocycles. The van der Waals surface area contributed by atoms with Crippen LogP contribution in [0, 0.1) is 11.8 Å². The number of aliphatic hydroxyl groups excluding tert-OH is 8. The van der Waals surface area contributed by atoms with Crippen molar-refractivity contribution in [3.05, 3.63) is 0 Å². The lowest BCUT2D eigenvalue weighted by atomic mass is 9.73. The summed E-state index contributed by atoms with van der Waals surface area (Å²) in [5.41, 5.74) is 0. The molecular formula is C31H50O17. The van der Waals surface area contributed by atoms with Crippen molar-refractivity contribution >= 4 is 11.9 Å². The largest absolute Gasteiger partial charge is 0.463 e. The summed E-state index contributed by atoms with van der Waals surface area (Å²) in [4.78, 5) is 22.8. The summed E-state index contributed by atoms with van der Waals surface area (Å²) in [6.45, 7) is 1.55. The lowest BCUT2D eigenvalue weighted by molar-refractivity contribution is -0.344. The van der Waals surface area contributed by atoms with Crippen molar-refractivity contribution in [3.8, 4) is 0 Å². The van der Waals surface area contributed by atoms with E-state index in [-0.39, 0.29) is 25.2 Å². The highest BCUT2D eigenvalue weighted by atomic mass is 16.7. The third-order valence-electron chi connectivity index (χ3n) is 10.2. The van der Waals surface area contributed by atoms with Crippen LogP contribution in [0.25, 0.3) is 0 Å². The van der Waals surface area contributed by atoms with Crippen molar-refractivity contribution < 1.29 is 83.6 Å². The van der Waals surface area contributed by atoms with Gasteiger partial charge in [-0.2, -0.15) is 0 Å². The number of hydrogen-bond donors (Lipinski definition) is 8. The second kappa shape index (κ2) is 16.2. The van der Waals surface area contributed by atoms with E-state index in [0.29, 0.717) is 25.7 Å². The molecule has 17 heteroatoms. The van der Waals surface area contributed by atoms with Crippen LogP contribution in [0.2, 0.25) is 0 Å². The molecule has 0 radical (unpaired) electrons.